The molecule has 1 amide bonds. The highest BCUT2D eigenvalue weighted by atomic mass is 19.4. The van der Waals surface area contributed by atoms with Gasteiger partial charge in [0.1, 0.15) is 0 Å². The summed E-state index contributed by atoms with van der Waals surface area (Å²) in [7, 11) is 0. The van der Waals surface area contributed by atoms with E-state index in [1.807, 2.05) is 0 Å². The summed E-state index contributed by atoms with van der Waals surface area (Å²) in [5.41, 5.74) is -0.231. The average Bonchev–Trinajstić information content (AvgIpc) is 2.87. The minimum absolute atomic E-state index is 0.00731. The molecule has 0 spiro atoms. The molecule has 3 rings (SSSR count). The number of hydrogen-bond donors (Lipinski definition) is 2. The summed E-state index contributed by atoms with van der Waals surface area (Å²) in [4.78, 5) is 12.7. The van der Waals surface area contributed by atoms with E-state index in [-0.39, 0.29) is 23.8 Å². The van der Waals surface area contributed by atoms with Crippen LogP contribution in [-0.4, -0.2) is 25.0 Å². The average molecular weight is 368 g/mol. The molecule has 2 aliphatic rings. The lowest BCUT2D eigenvalue weighted by molar-refractivity contribution is -0.138. The van der Waals surface area contributed by atoms with E-state index >= 15 is 0 Å². The number of alkyl halides is 3. The Hall–Kier alpha value is -1.56. The van der Waals surface area contributed by atoms with Gasteiger partial charge in [0.25, 0.3) is 0 Å². The minimum atomic E-state index is -4.37. The van der Waals surface area contributed by atoms with Crippen molar-refractivity contribution in [3.8, 4) is 0 Å². The molecule has 2 atom stereocenters. The van der Waals surface area contributed by atoms with E-state index in [4.69, 9.17) is 0 Å². The predicted octanol–water partition coefficient (Wildman–Crippen LogP) is 4.24. The first kappa shape index (κ1) is 19.2. The number of carbonyl (C=O) groups is 1. The summed E-state index contributed by atoms with van der Waals surface area (Å²) in [5.74, 6) is -0.299. The van der Waals surface area contributed by atoms with Gasteiger partial charge in [0, 0.05) is 17.9 Å². The largest absolute Gasteiger partial charge is 0.416 e. The highest BCUT2D eigenvalue weighted by Crippen LogP contribution is 2.40. The molecule has 1 aliphatic heterocycles. The van der Waals surface area contributed by atoms with E-state index in [2.05, 4.69) is 10.6 Å². The molecule has 3 nitrogen and oxygen atoms in total. The first-order valence-electron chi connectivity index (χ1n) is 9.64. The highest BCUT2D eigenvalue weighted by Gasteiger charge is 2.38. The van der Waals surface area contributed by atoms with Crippen LogP contribution in [0.25, 0.3) is 0 Å². The van der Waals surface area contributed by atoms with Crippen molar-refractivity contribution in [3.63, 3.8) is 0 Å². The standard InChI is InChI=1S/C20H27F3N2O/c21-20(22,23)17-8-5-4-6-15(17)16-7-2-1-3-9-18(16)25-19(26)14-10-12-24-13-11-14/h4-6,8,14,16,18,24H,1-3,7,9-13H2,(H,25,26). The number of nitrogens with one attached hydrogen (secondary N) is 2. The molecule has 2 unspecified atom stereocenters. The Labute approximate surface area is 152 Å². The molecular weight excluding hydrogens is 341 g/mol. The summed E-state index contributed by atoms with van der Waals surface area (Å²) < 4.78 is 40.5. The van der Waals surface area contributed by atoms with E-state index in [9.17, 15) is 18.0 Å². The second-order valence-corrected chi connectivity index (χ2v) is 7.47. The zero-order valence-corrected chi connectivity index (χ0v) is 14.9. The second kappa shape index (κ2) is 8.42. The van der Waals surface area contributed by atoms with Gasteiger partial charge in [-0.1, -0.05) is 37.5 Å². The maximum atomic E-state index is 13.5. The lowest BCUT2D eigenvalue weighted by atomic mass is 9.84. The summed E-state index contributed by atoms with van der Waals surface area (Å²) >= 11 is 0. The van der Waals surface area contributed by atoms with Crippen LogP contribution in [0.3, 0.4) is 0 Å². The molecule has 144 valence electrons. The molecule has 26 heavy (non-hydrogen) atoms. The van der Waals surface area contributed by atoms with Crippen LogP contribution in [0.1, 0.15) is 62.0 Å². The van der Waals surface area contributed by atoms with Crippen molar-refractivity contribution in [2.24, 2.45) is 5.92 Å². The molecule has 1 aromatic carbocycles. The SMILES string of the molecule is O=C(NC1CCCCCC1c1ccccc1C(F)(F)F)C1CCNCC1. The first-order chi connectivity index (χ1) is 12.5. The highest BCUT2D eigenvalue weighted by molar-refractivity contribution is 5.79. The van der Waals surface area contributed by atoms with Gasteiger partial charge < -0.3 is 10.6 Å². The number of carbonyl (C=O) groups excluding carboxylic acids is 1. The third-order valence-corrected chi connectivity index (χ3v) is 5.72. The summed E-state index contributed by atoms with van der Waals surface area (Å²) in [6.07, 6.45) is 1.50. The first-order valence-corrected chi connectivity index (χ1v) is 9.64. The molecular formula is C20H27F3N2O. The lowest BCUT2D eigenvalue weighted by Gasteiger charge is -2.31. The van der Waals surface area contributed by atoms with Gasteiger partial charge in [0.2, 0.25) is 5.91 Å². The number of halogens is 3. The van der Waals surface area contributed by atoms with Gasteiger partial charge in [-0.15, -0.1) is 0 Å². The molecule has 1 saturated heterocycles. The molecule has 0 radical (unpaired) electrons. The Bertz CT molecular complexity index is 611. The number of rotatable bonds is 3. The fourth-order valence-corrected chi connectivity index (χ4v) is 4.32. The smallest absolute Gasteiger partial charge is 0.353 e. The van der Waals surface area contributed by atoms with Crippen LogP contribution in [0.5, 0.6) is 0 Å². The topological polar surface area (TPSA) is 41.1 Å². The van der Waals surface area contributed by atoms with Gasteiger partial charge in [-0.25, -0.2) is 0 Å². The third kappa shape index (κ3) is 4.58. The zero-order valence-electron chi connectivity index (χ0n) is 14.9. The summed E-state index contributed by atoms with van der Waals surface area (Å²) in [6, 6.07) is 5.63. The van der Waals surface area contributed by atoms with Gasteiger partial charge in [0.15, 0.2) is 0 Å². The fourth-order valence-electron chi connectivity index (χ4n) is 4.32. The third-order valence-electron chi connectivity index (χ3n) is 5.72. The van der Waals surface area contributed by atoms with Crippen LogP contribution >= 0.6 is 0 Å². The van der Waals surface area contributed by atoms with E-state index < -0.39 is 11.7 Å². The van der Waals surface area contributed by atoms with Gasteiger partial charge in [-0.3, -0.25) is 4.79 Å². The molecule has 2 N–H and O–H groups in total. The van der Waals surface area contributed by atoms with Gasteiger partial charge in [-0.2, -0.15) is 13.2 Å². The molecule has 1 aliphatic carbocycles. The Morgan fingerprint density at radius 1 is 1.00 bits per heavy atom. The molecule has 6 heteroatoms. The molecule has 1 heterocycles. The Morgan fingerprint density at radius 3 is 2.42 bits per heavy atom. The van der Waals surface area contributed by atoms with Crippen molar-refractivity contribution in [1.82, 2.24) is 10.6 Å². The van der Waals surface area contributed by atoms with E-state index in [1.54, 1.807) is 12.1 Å². The quantitative estimate of drug-likeness (QED) is 0.784. The number of amides is 1. The number of benzene rings is 1. The Morgan fingerprint density at radius 2 is 1.69 bits per heavy atom. The van der Waals surface area contributed by atoms with Crippen LogP contribution < -0.4 is 10.6 Å². The number of piperidine rings is 1. The van der Waals surface area contributed by atoms with E-state index in [0.717, 1.165) is 57.7 Å². The monoisotopic (exact) mass is 368 g/mol. The van der Waals surface area contributed by atoms with Gasteiger partial charge in [-0.05, 0) is 50.4 Å². The van der Waals surface area contributed by atoms with Crippen molar-refractivity contribution in [2.45, 2.75) is 63.1 Å². The van der Waals surface area contributed by atoms with Crippen molar-refractivity contribution < 1.29 is 18.0 Å². The van der Waals surface area contributed by atoms with E-state index in [1.165, 1.54) is 6.07 Å². The van der Waals surface area contributed by atoms with Crippen molar-refractivity contribution in [2.75, 3.05) is 13.1 Å². The molecule has 0 bridgehead atoms. The maximum absolute atomic E-state index is 13.5. The van der Waals surface area contributed by atoms with Crippen LogP contribution in [0, 0.1) is 5.92 Å². The normalized spacial score (nSPS) is 25.5. The van der Waals surface area contributed by atoms with Crippen LogP contribution in [-0.2, 0) is 11.0 Å². The Kier molecular flexibility index (Phi) is 6.22. The van der Waals surface area contributed by atoms with Crippen LogP contribution in [0.15, 0.2) is 24.3 Å². The van der Waals surface area contributed by atoms with Crippen LogP contribution in [0.4, 0.5) is 13.2 Å². The molecule has 0 aromatic heterocycles. The second-order valence-electron chi connectivity index (χ2n) is 7.47. The molecule has 1 saturated carbocycles. The summed E-state index contributed by atoms with van der Waals surface area (Å²) in [6.45, 7) is 1.65. The van der Waals surface area contributed by atoms with Crippen molar-refractivity contribution in [3.05, 3.63) is 35.4 Å². The Balaban J connectivity index is 1.82. The van der Waals surface area contributed by atoms with Gasteiger partial charge in [0.05, 0.1) is 5.56 Å². The van der Waals surface area contributed by atoms with Crippen LogP contribution in [0.2, 0.25) is 0 Å². The van der Waals surface area contributed by atoms with E-state index in [0.29, 0.717) is 12.0 Å². The number of hydrogen-bond acceptors (Lipinski definition) is 2. The fraction of sp³-hybridized carbons (Fsp3) is 0.650. The predicted molar refractivity (Wildman–Crippen MR) is 94.8 cm³/mol. The maximum Gasteiger partial charge on any atom is 0.416 e. The minimum Gasteiger partial charge on any atom is -0.353 e. The van der Waals surface area contributed by atoms with Gasteiger partial charge >= 0.3 is 6.18 Å². The molecule has 2 fully saturated rings. The van der Waals surface area contributed by atoms with Crippen molar-refractivity contribution in [1.29, 1.82) is 0 Å². The lowest BCUT2D eigenvalue weighted by Crippen LogP contribution is -2.45. The van der Waals surface area contributed by atoms with Crippen molar-refractivity contribution >= 4 is 5.91 Å². The zero-order chi connectivity index (χ0) is 18.6. The summed E-state index contributed by atoms with van der Waals surface area (Å²) in [5, 5.41) is 6.36. The molecule has 1 aromatic rings.